The van der Waals surface area contributed by atoms with Gasteiger partial charge in [0, 0.05) is 43.0 Å². The number of hydrogen-bond acceptors (Lipinski definition) is 1. The van der Waals surface area contributed by atoms with Gasteiger partial charge in [-0.25, -0.2) is 0 Å². The molecular weight excluding hydrogens is 761 g/mol. The average molecular weight is 799 g/mol. The van der Waals surface area contributed by atoms with E-state index in [1.54, 1.807) is 0 Å². The molecule has 60 heavy (non-hydrogen) atoms. The summed E-state index contributed by atoms with van der Waals surface area (Å²) in [5.74, 6) is 0. The van der Waals surface area contributed by atoms with Gasteiger partial charge in [-0.15, -0.1) is 11.3 Å². The molecule has 0 amide bonds. The molecule has 0 aliphatic carbocycles. The van der Waals surface area contributed by atoms with Crippen LogP contribution in [-0.4, -0.2) is 17.2 Å². The smallest absolute Gasteiger partial charge is 0.179 e. The molecule has 0 fully saturated rings. The minimum Gasteiger partial charge on any atom is -0.309 e. The second kappa shape index (κ2) is 14.0. The predicted molar refractivity (Wildman–Crippen MR) is 260 cm³/mol. The molecule has 4 heteroatoms. The second-order valence-corrected chi connectivity index (χ2v) is 20.5. The first-order valence-corrected chi connectivity index (χ1v) is 23.4. The SMILES string of the molecule is c1ccc(-n2c3cccc(-c4ccc(-n5c6ccccc6c6cc([Si](c7ccccc7)(c7ccccc7)c7ccccc7)ccc65)cc4)c3c3c4ccccc4sc32)cc1. The summed E-state index contributed by atoms with van der Waals surface area (Å²) in [5, 5.41) is 12.0. The van der Waals surface area contributed by atoms with Gasteiger partial charge in [-0.3, -0.25) is 0 Å². The summed E-state index contributed by atoms with van der Waals surface area (Å²) in [4.78, 5) is 1.28. The van der Waals surface area contributed by atoms with Crippen molar-refractivity contribution in [3.8, 4) is 22.5 Å². The lowest BCUT2D eigenvalue weighted by Crippen LogP contribution is -2.74. The maximum absolute atomic E-state index is 2.70. The summed E-state index contributed by atoms with van der Waals surface area (Å²) >= 11 is 1.88. The minimum absolute atomic E-state index is 1.15. The molecule has 12 rings (SSSR count). The van der Waals surface area contributed by atoms with Crippen molar-refractivity contribution in [2.75, 3.05) is 0 Å². The fourth-order valence-electron chi connectivity index (χ4n) is 9.94. The van der Waals surface area contributed by atoms with Crippen LogP contribution in [0.2, 0.25) is 0 Å². The van der Waals surface area contributed by atoms with Crippen molar-refractivity contribution < 1.29 is 0 Å². The van der Waals surface area contributed by atoms with Gasteiger partial charge in [0.1, 0.15) is 4.83 Å². The fourth-order valence-corrected chi connectivity index (χ4v) is 16.0. The van der Waals surface area contributed by atoms with Crippen LogP contribution in [-0.2, 0) is 0 Å². The van der Waals surface area contributed by atoms with Crippen molar-refractivity contribution >= 4 is 93.2 Å². The van der Waals surface area contributed by atoms with Gasteiger partial charge in [-0.2, -0.15) is 0 Å². The van der Waals surface area contributed by atoms with Crippen LogP contribution in [0.4, 0.5) is 0 Å². The molecule has 0 unspecified atom stereocenters. The van der Waals surface area contributed by atoms with E-state index in [0.717, 1.165) is 5.69 Å². The summed E-state index contributed by atoms with van der Waals surface area (Å²) in [6.45, 7) is 0. The van der Waals surface area contributed by atoms with Crippen LogP contribution < -0.4 is 20.7 Å². The standard InChI is InChI=1S/C56H38N2SSi/c1-5-18-40(19-6-1)58-52-30-17-28-46(54(52)55-48-27-14-16-31-53(48)59-56(55)58)39-32-34-41(35-33-39)57-50-29-15-13-26-47(50)49-38-45(36-37-51(49)57)60(42-20-7-2-8-21-42,43-22-9-3-10-23-43)44-24-11-4-12-25-44/h1-38H. The van der Waals surface area contributed by atoms with Crippen molar-refractivity contribution in [2.45, 2.75) is 0 Å². The Hall–Kier alpha value is -7.24. The van der Waals surface area contributed by atoms with Crippen LogP contribution in [0.15, 0.2) is 231 Å². The summed E-state index contributed by atoms with van der Waals surface area (Å²) in [6, 6.07) is 85.5. The Morgan fingerprint density at radius 2 is 0.867 bits per heavy atom. The molecule has 0 atom stereocenters. The Bertz CT molecular complexity index is 3420. The molecule has 0 aliphatic heterocycles. The summed E-state index contributed by atoms with van der Waals surface area (Å²) < 4.78 is 6.21. The first-order chi connectivity index (χ1) is 29.8. The third kappa shape index (κ3) is 5.18. The maximum Gasteiger partial charge on any atom is 0.179 e. The Balaban J connectivity index is 1.05. The number of fused-ring (bicyclic) bond motifs is 8. The van der Waals surface area contributed by atoms with Crippen molar-refractivity contribution in [1.29, 1.82) is 0 Å². The number of thiophene rings is 1. The normalized spacial score (nSPS) is 12.0. The summed E-state index contributed by atoms with van der Waals surface area (Å²) in [5.41, 5.74) is 8.43. The maximum atomic E-state index is 2.51. The number of nitrogens with zero attached hydrogens (tertiary/aromatic N) is 2. The van der Waals surface area contributed by atoms with Gasteiger partial charge in [0.15, 0.2) is 8.07 Å². The van der Waals surface area contributed by atoms with Crippen LogP contribution in [0.5, 0.6) is 0 Å². The lowest BCUT2D eigenvalue weighted by atomic mass is 9.99. The van der Waals surface area contributed by atoms with Crippen molar-refractivity contribution in [3.63, 3.8) is 0 Å². The van der Waals surface area contributed by atoms with Gasteiger partial charge >= 0.3 is 0 Å². The molecule has 0 saturated heterocycles. The van der Waals surface area contributed by atoms with Gasteiger partial charge in [-0.05, 0) is 80.4 Å². The highest BCUT2D eigenvalue weighted by Gasteiger charge is 2.41. The first-order valence-electron chi connectivity index (χ1n) is 20.6. The molecule has 3 aromatic heterocycles. The molecule has 0 spiro atoms. The van der Waals surface area contributed by atoms with Crippen LogP contribution >= 0.6 is 11.3 Å². The van der Waals surface area contributed by atoms with E-state index in [4.69, 9.17) is 0 Å². The van der Waals surface area contributed by atoms with Gasteiger partial charge in [-0.1, -0.05) is 182 Å². The van der Waals surface area contributed by atoms with E-state index in [0.29, 0.717) is 0 Å². The summed E-state index contributed by atoms with van der Waals surface area (Å²) in [7, 11) is -2.70. The van der Waals surface area contributed by atoms with E-state index in [-0.39, 0.29) is 0 Å². The second-order valence-electron chi connectivity index (χ2n) is 15.6. The molecule has 0 N–H and O–H groups in total. The lowest BCUT2D eigenvalue weighted by molar-refractivity contribution is 1.18. The van der Waals surface area contributed by atoms with Crippen LogP contribution in [0, 0.1) is 0 Å². The molecule has 3 heterocycles. The highest BCUT2D eigenvalue weighted by atomic mass is 32.1. The monoisotopic (exact) mass is 798 g/mol. The number of benzene rings is 9. The predicted octanol–water partition coefficient (Wildman–Crippen LogP) is 12.1. The third-order valence-corrected chi connectivity index (χ3v) is 18.4. The summed E-state index contributed by atoms with van der Waals surface area (Å²) in [6.07, 6.45) is 0. The van der Waals surface area contributed by atoms with E-state index in [1.807, 2.05) is 11.3 Å². The number of aromatic nitrogens is 2. The van der Waals surface area contributed by atoms with Crippen LogP contribution in [0.1, 0.15) is 0 Å². The molecule has 2 nitrogen and oxygen atoms in total. The van der Waals surface area contributed by atoms with Gasteiger partial charge < -0.3 is 9.13 Å². The van der Waals surface area contributed by atoms with Crippen molar-refractivity contribution in [1.82, 2.24) is 9.13 Å². The average Bonchev–Trinajstić information content (AvgIpc) is 3.97. The minimum atomic E-state index is -2.70. The molecule has 0 bridgehead atoms. The van der Waals surface area contributed by atoms with Gasteiger partial charge in [0.2, 0.25) is 0 Å². The number of para-hydroxylation sites is 2. The van der Waals surface area contributed by atoms with E-state index in [1.165, 1.54) is 90.6 Å². The van der Waals surface area contributed by atoms with Gasteiger partial charge in [0.05, 0.1) is 16.6 Å². The van der Waals surface area contributed by atoms with Crippen molar-refractivity contribution in [3.05, 3.63) is 231 Å². The van der Waals surface area contributed by atoms with Crippen LogP contribution in [0.3, 0.4) is 0 Å². The molecule has 0 saturated carbocycles. The molecular formula is C56H38N2SSi. The zero-order valence-electron chi connectivity index (χ0n) is 32.7. The van der Waals surface area contributed by atoms with Gasteiger partial charge in [0.25, 0.3) is 0 Å². The van der Waals surface area contributed by atoms with Crippen LogP contribution in [0.25, 0.3) is 75.5 Å². The van der Waals surface area contributed by atoms with E-state index < -0.39 is 8.07 Å². The Morgan fingerprint density at radius 1 is 0.333 bits per heavy atom. The Kier molecular flexibility index (Phi) is 8.08. The fraction of sp³-hybridized carbons (Fsp3) is 0. The third-order valence-electron chi connectivity index (χ3n) is 12.5. The lowest BCUT2D eigenvalue weighted by Gasteiger charge is -2.34. The van der Waals surface area contributed by atoms with E-state index in [9.17, 15) is 0 Å². The molecule has 9 aromatic carbocycles. The first kappa shape index (κ1) is 34.8. The topological polar surface area (TPSA) is 9.86 Å². The number of hydrogen-bond donors (Lipinski definition) is 0. The number of rotatable bonds is 7. The largest absolute Gasteiger partial charge is 0.309 e. The highest BCUT2D eigenvalue weighted by Crippen LogP contribution is 2.46. The molecule has 12 aromatic rings. The molecule has 0 aliphatic rings. The Morgan fingerprint density at radius 3 is 1.53 bits per heavy atom. The quantitative estimate of drug-likeness (QED) is 0.112. The molecule has 0 radical (unpaired) electrons. The zero-order chi connectivity index (χ0) is 39.6. The zero-order valence-corrected chi connectivity index (χ0v) is 34.6. The molecule has 282 valence electrons. The van der Waals surface area contributed by atoms with E-state index in [2.05, 4.69) is 240 Å². The highest BCUT2D eigenvalue weighted by molar-refractivity contribution is 7.25. The van der Waals surface area contributed by atoms with Crippen molar-refractivity contribution in [2.24, 2.45) is 0 Å². The van der Waals surface area contributed by atoms with E-state index >= 15 is 0 Å². The Labute approximate surface area is 353 Å².